The summed E-state index contributed by atoms with van der Waals surface area (Å²) in [4.78, 5) is 14.7. The lowest BCUT2D eigenvalue weighted by Crippen LogP contribution is -2.51. The van der Waals surface area contributed by atoms with Gasteiger partial charge in [-0.1, -0.05) is 36.4 Å². The molecule has 0 saturated carbocycles. The van der Waals surface area contributed by atoms with Crippen LogP contribution in [0.1, 0.15) is 29.7 Å². The molecule has 0 radical (unpaired) electrons. The number of sulfonamides is 1. The first-order chi connectivity index (χ1) is 13.8. The van der Waals surface area contributed by atoms with Crippen molar-refractivity contribution in [1.82, 2.24) is 14.5 Å². The fourth-order valence-electron chi connectivity index (χ4n) is 3.47. The maximum absolute atomic E-state index is 12.9. The van der Waals surface area contributed by atoms with Crippen molar-refractivity contribution in [3.8, 4) is 0 Å². The van der Waals surface area contributed by atoms with Gasteiger partial charge in [-0.25, -0.2) is 8.42 Å². The summed E-state index contributed by atoms with van der Waals surface area (Å²) < 4.78 is 27.3. The van der Waals surface area contributed by atoms with Crippen LogP contribution in [0.4, 0.5) is 0 Å². The number of piperazine rings is 1. The number of nitrogens with zero attached hydrogens (tertiary/aromatic N) is 2. The molecule has 1 fully saturated rings. The van der Waals surface area contributed by atoms with E-state index in [1.807, 2.05) is 62.1 Å². The molecule has 1 aliphatic heterocycles. The van der Waals surface area contributed by atoms with Crippen LogP contribution in [-0.4, -0.2) is 56.3 Å². The molecular formula is C22H29N3O3S. The molecule has 1 amide bonds. The van der Waals surface area contributed by atoms with Gasteiger partial charge in [0.25, 0.3) is 0 Å². The maximum Gasteiger partial charge on any atom is 0.243 e. The van der Waals surface area contributed by atoms with Crippen molar-refractivity contribution >= 4 is 15.9 Å². The summed E-state index contributed by atoms with van der Waals surface area (Å²) >= 11 is 0. The van der Waals surface area contributed by atoms with E-state index in [2.05, 4.69) is 5.32 Å². The molecule has 1 N–H and O–H groups in total. The van der Waals surface area contributed by atoms with Crippen molar-refractivity contribution in [2.75, 3.05) is 32.7 Å². The van der Waals surface area contributed by atoms with E-state index in [1.165, 1.54) is 4.31 Å². The van der Waals surface area contributed by atoms with E-state index in [-0.39, 0.29) is 18.5 Å². The molecule has 29 heavy (non-hydrogen) atoms. The number of hydrogen-bond donors (Lipinski definition) is 1. The molecule has 0 unspecified atom stereocenters. The van der Waals surface area contributed by atoms with Crippen molar-refractivity contribution in [3.63, 3.8) is 0 Å². The molecule has 1 saturated heterocycles. The summed E-state index contributed by atoms with van der Waals surface area (Å²) in [7, 11) is -3.50. The van der Waals surface area contributed by atoms with Crippen LogP contribution in [0.2, 0.25) is 0 Å². The van der Waals surface area contributed by atoms with Gasteiger partial charge in [0.05, 0.1) is 17.5 Å². The zero-order valence-electron chi connectivity index (χ0n) is 17.3. The van der Waals surface area contributed by atoms with Gasteiger partial charge in [-0.05, 0) is 49.6 Å². The maximum atomic E-state index is 12.9. The Morgan fingerprint density at radius 1 is 1.00 bits per heavy atom. The van der Waals surface area contributed by atoms with Gasteiger partial charge < -0.3 is 5.32 Å². The fraction of sp³-hybridized carbons (Fsp3) is 0.409. The van der Waals surface area contributed by atoms with Crippen LogP contribution in [0.5, 0.6) is 0 Å². The smallest absolute Gasteiger partial charge is 0.243 e. The van der Waals surface area contributed by atoms with Crippen molar-refractivity contribution < 1.29 is 13.2 Å². The van der Waals surface area contributed by atoms with E-state index in [0.29, 0.717) is 31.1 Å². The third-order valence-electron chi connectivity index (χ3n) is 5.49. The molecule has 0 bridgehead atoms. The van der Waals surface area contributed by atoms with Gasteiger partial charge in [0, 0.05) is 26.2 Å². The minimum atomic E-state index is -3.50. The van der Waals surface area contributed by atoms with Gasteiger partial charge in [-0.2, -0.15) is 4.31 Å². The third kappa shape index (κ3) is 5.23. The van der Waals surface area contributed by atoms with Gasteiger partial charge in [-0.3, -0.25) is 9.69 Å². The Balaban J connectivity index is 1.53. The minimum Gasteiger partial charge on any atom is -0.348 e. The average Bonchev–Trinajstić information content (AvgIpc) is 2.71. The summed E-state index contributed by atoms with van der Waals surface area (Å²) in [5, 5.41) is 3.01. The predicted molar refractivity (Wildman–Crippen MR) is 114 cm³/mol. The molecule has 7 heteroatoms. The highest BCUT2D eigenvalue weighted by atomic mass is 32.2. The number of carbonyl (C=O) groups excluding carboxylic acids is 1. The van der Waals surface area contributed by atoms with E-state index in [0.717, 1.165) is 16.7 Å². The number of benzene rings is 2. The quantitative estimate of drug-likeness (QED) is 0.787. The molecule has 0 aromatic heterocycles. The fourth-order valence-corrected chi connectivity index (χ4v) is 4.97. The van der Waals surface area contributed by atoms with Gasteiger partial charge in [0.1, 0.15) is 0 Å². The van der Waals surface area contributed by atoms with Crippen molar-refractivity contribution in [1.29, 1.82) is 0 Å². The zero-order chi connectivity index (χ0) is 21.0. The zero-order valence-corrected chi connectivity index (χ0v) is 18.1. The average molecular weight is 416 g/mol. The summed E-state index contributed by atoms with van der Waals surface area (Å²) in [6.07, 6.45) is 0. The Hall–Kier alpha value is -2.22. The third-order valence-corrected chi connectivity index (χ3v) is 7.39. The van der Waals surface area contributed by atoms with Crippen molar-refractivity contribution in [3.05, 3.63) is 65.2 Å². The number of aryl methyl sites for hydroxylation is 2. The normalized spacial score (nSPS) is 17.1. The number of rotatable bonds is 6. The second kappa shape index (κ2) is 9.07. The first kappa shape index (κ1) is 21.5. The molecule has 2 aromatic carbocycles. The second-order valence-corrected chi connectivity index (χ2v) is 9.56. The highest BCUT2D eigenvalue weighted by molar-refractivity contribution is 7.89. The number of carbonyl (C=O) groups is 1. The Kier molecular flexibility index (Phi) is 6.72. The molecule has 0 aliphatic carbocycles. The molecule has 3 rings (SSSR count). The van der Waals surface area contributed by atoms with Gasteiger partial charge in [0.2, 0.25) is 15.9 Å². The Morgan fingerprint density at radius 3 is 2.28 bits per heavy atom. The summed E-state index contributed by atoms with van der Waals surface area (Å²) in [6, 6.07) is 15.0. The Labute approximate surface area is 173 Å². The van der Waals surface area contributed by atoms with E-state index in [4.69, 9.17) is 0 Å². The largest absolute Gasteiger partial charge is 0.348 e. The van der Waals surface area contributed by atoms with Gasteiger partial charge in [-0.15, -0.1) is 0 Å². The number of nitrogens with one attached hydrogen (secondary N) is 1. The van der Waals surface area contributed by atoms with E-state index < -0.39 is 10.0 Å². The molecule has 2 aromatic rings. The van der Waals surface area contributed by atoms with Crippen LogP contribution in [-0.2, 0) is 14.8 Å². The lowest BCUT2D eigenvalue weighted by Gasteiger charge is -2.33. The van der Waals surface area contributed by atoms with Gasteiger partial charge in [0.15, 0.2) is 0 Å². The Bertz CT molecular complexity index is 953. The van der Waals surface area contributed by atoms with Crippen molar-refractivity contribution in [2.45, 2.75) is 31.7 Å². The van der Waals surface area contributed by atoms with Crippen LogP contribution in [0.3, 0.4) is 0 Å². The molecule has 0 spiro atoms. The molecular weight excluding hydrogens is 386 g/mol. The molecule has 1 aliphatic rings. The highest BCUT2D eigenvalue weighted by Crippen LogP contribution is 2.20. The molecule has 6 nitrogen and oxygen atoms in total. The van der Waals surface area contributed by atoms with E-state index >= 15 is 0 Å². The standard InChI is InChI=1S/C22H29N3O3S/c1-17-9-10-21(15-18(17)2)29(27,28)25-13-11-24(12-14-25)16-22(26)23-19(3)20-7-5-4-6-8-20/h4-10,15,19H,11-14,16H2,1-3H3,(H,23,26)/t19-/m0/s1. The minimum absolute atomic E-state index is 0.0492. The first-order valence-electron chi connectivity index (χ1n) is 9.91. The topological polar surface area (TPSA) is 69.7 Å². The summed E-state index contributed by atoms with van der Waals surface area (Å²) in [6.45, 7) is 7.97. The van der Waals surface area contributed by atoms with Crippen LogP contribution >= 0.6 is 0 Å². The highest BCUT2D eigenvalue weighted by Gasteiger charge is 2.29. The van der Waals surface area contributed by atoms with Crippen LogP contribution in [0.25, 0.3) is 0 Å². The van der Waals surface area contributed by atoms with Crippen molar-refractivity contribution in [2.24, 2.45) is 0 Å². The first-order valence-corrected chi connectivity index (χ1v) is 11.4. The Morgan fingerprint density at radius 2 is 1.66 bits per heavy atom. The van der Waals surface area contributed by atoms with E-state index in [1.54, 1.807) is 12.1 Å². The van der Waals surface area contributed by atoms with Crippen LogP contribution in [0.15, 0.2) is 53.4 Å². The predicted octanol–water partition coefficient (Wildman–Crippen LogP) is 2.49. The van der Waals surface area contributed by atoms with E-state index in [9.17, 15) is 13.2 Å². The van der Waals surface area contributed by atoms with Crippen LogP contribution in [0, 0.1) is 13.8 Å². The lowest BCUT2D eigenvalue weighted by molar-refractivity contribution is -0.123. The monoisotopic (exact) mass is 415 g/mol. The summed E-state index contributed by atoms with van der Waals surface area (Å²) in [5.74, 6) is -0.0492. The van der Waals surface area contributed by atoms with Crippen LogP contribution < -0.4 is 5.32 Å². The second-order valence-electron chi connectivity index (χ2n) is 7.63. The number of amides is 1. The lowest BCUT2D eigenvalue weighted by atomic mass is 10.1. The summed E-state index contributed by atoms with van der Waals surface area (Å²) in [5.41, 5.74) is 3.10. The molecule has 156 valence electrons. The molecule has 1 atom stereocenters. The number of hydrogen-bond acceptors (Lipinski definition) is 4. The molecule has 1 heterocycles. The SMILES string of the molecule is Cc1ccc(S(=O)(=O)N2CCN(CC(=O)N[C@@H](C)c3ccccc3)CC2)cc1C. The van der Waals surface area contributed by atoms with Gasteiger partial charge >= 0.3 is 0 Å².